The van der Waals surface area contributed by atoms with Crippen molar-refractivity contribution in [1.29, 1.82) is 0 Å². The van der Waals surface area contributed by atoms with Gasteiger partial charge in [0.2, 0.25) is 10.0 Å². The van der Waals surface area contributed by atoms with Crippen LogP contribution in [0.5, 0.6) is 0 Å². The third kappa shape index (κ3) is 3.64. The molecule has 3 aromatic rings. The Balaban J connectivity index is 1.54. The second-order valence-electron chi connectivity index (χ2n) is 7.12. The maximum Gasteiger partial charge on any atom is 0.244 e. The molecule has 2 aromatic heterocycles. The number of para-hydroxylation sites is 1. The molecule has 1 saturated heterocycles. The summed E-state index contributed by atoms with van der Waals surface area (Å²) in [5.74, 6) is 0.726. The largest absolute Gasteiger partial charge is 0.350 e. The summed E-state index contributed by atoms with van der Waals surface area (Å²) in [4.78, 5) is 11.4. The van der Waals surface area contributed by atoms with Crippen LogP contribution in [0, 0.1) is 0 Å². The van der Waals surface area contributed by atoms with Crippen molar-refractivity contribution in [1.82, 2.24) is 14.3 Å². The van der Waals surface area contributed by atoms with Gasteiger partial charge in [-0.15, -0.1) is 11.3 Å². The Kier molecular flexibility index (Phi) is 5.35. The van der Waals surface area contributed by atoms with Gasteiger partial charge in [0, 0.05) is 26.3 Å². The lowest BCUT2D eigenvalue weighted by Gasteiger charge is -2.27. The fraction of sp³-hybridized carbons (Fsp3) is 0.400. The number of piperidine rings is 1. The van der Waals surface area contributed by atoms with Gasteiger partial charge < -0.3 is 4.90 Å². The smallest absolute Gasteiger partial charge is 0.244 e. The topological polar surface area (TPSA) is 66.4 Å². The number of hydrogen-bond acceptors (Lipinski definition) is 6. The number of sulfonamides is 1. The van der Waals surface area contributed by atoms with Crippen molar-refractivity contribution < 1.29 is 8.42 Å². The normalized spacial score (nSPS) is 16.9. The van der Waals surface area contributed by atoms with E-state index >= 15 is 0 Å². The molecule has 0 radical (unpaired) electrons. The highest BCUT2D eigenvalue weighted by Crippen LogP contribution is 2.31. The van der Waals surface area contributed by atoms with Crippen LogP contribution in [0.3, 0.4) is 0 Å². The van der Waals surface area contributed by atoms with Crippen molar-refractivity contribution in [3.05, 3.63) is 47.6 Å². The van der Waals surface area contributed by atoms with E-state index in [4.69, 9.17) is 4.98 Å². The fourth-order valence-electron chi connectivity index (χ4n) is 3.42. The van der Waals surface area contributed by atoms with E-state index in [2.05, 4.69) is 18.0 Å². The molecule has 1 aliphatic heterocycles. The van der Waals surface area contributed by atoms with E-state index in [1.807, 2.05) is 30.1 Å². The van der Waals surface area contributed by atoms with Crippen LogP contribution >= 0.6 is 11.3 Å². The first-order valence-electron chi connectivity index (χ1n) is 9.51. The second kappa shape index (κ2) is 7.77. The lowest BCUT2D eigenvalue weighted by Crippen LogP contribution is -2.35. The molecular weight excluding hydrogens is 392 g/mol. The van der Waals surface area contributed by atoms with Crippen LogP contribution < -0.4 is 4.90 Å². The molecule has 3 heterocycles. The van der Waals surface area contributed by atoms with Crippen LogP contribution in [0.15, 0.2) is 47.5 Å². The van der Waals surface area contributed by atoms with Crippen molar-refractivity contribution in [3.63, 3.8) is 0 Å². The van der Waals surface area contributed by atoms with E-state index < -0.39 is 10.0 Å². The number of rotatable bonds is 5. The number of aromatic nitrogens is 2. The van der Waals surface area contributed by atoms with Crippen LogP contribution in [0.1, 0.15) is 37.2 Å². The Labute approximate surface area is 169 Å². The van der Waals surface area contributed by atoms with Crippen molar-refractivity contribution in [3.8, 4) is 0 Å². The van der Waals surface area contributed by atoms with Gasteiger partial charge in [-0.3, -0.25) is 0 Å². The molecule has 4 rings (SSSR count). The van der Waals surface area contributed by atoms with Crippen molar-refractivity contribution in [2.24, 2.45) is 0 Å². The lowest BCUT2D eigenvalue weighted by atomic mass is 10.2. The van der Waals surface area contributed by atoms with Gasteiger partial charge in [-0.05, 0) is 44.0 Å². The summed E-state index contributed by atoms with van der Waals surface area (Å²) >= 11 is 1.67. The minimum atomic E-state index is -3.45. The van der Waals surface area contributed by atoms with E-state index in [0.29, 0.717) is 13.1 Å². The molecule has 0 aliphatic carbocycles. The predicted molar refractivity (Wildman–Crippen MR) is 113 cm³/mol. The Morgan fingerprint density at radius 3 is 2.54 bits per heavy atom. The van der Waals surface area contributed by atoms with Crippen LogP contribution in [0.25, 0.3) is 10.2 Å². The Hall–Kier alpha value is -2.03. The first kappa shape index (κ1) is 19.3. The molecule has 1 aliphatic rings. The number of benzene rings is 1. The summed E-state index contributed by atoms with van der Waals surface area (Å²) in [6.45, 7) is 3.27. The molecule has 1 atom stereocenters. The highest BCUT2D eigenvalue weighted by atomic mass is 32.2. The summed E-state index contributed by atoms with van der Waals surface area (Å²) in [7, 11) is -1.50. The maximum atomic E-state index is 12.8. The van der Waals surface area contributed by atoms with Gasteiger partial charge in [-0.2, -0.15) is 4.31 Å². The maximum absolute atomic E-state index is 12.8. The van der Waals surface area contributed by atoms with E-state index in [1.165, 1.54) is 6.20 Å². The minimum absolute atomic E-state index is 0.0365. The first-order valence-corrected chi connectivity index (χ1v) is 11.8. The molecule has 0 spiro atoms. The zero-order chi connectivity index (χ0) is 19.7. The molecule has 0 saturated carbocycles. The number of thiazole rings is 1. The van der Waals surface area contributed by atoms with E-state index in [9.17, 15) is 8.42 Å². The average molecular weight is 417 g/mol. The standard InChI is InChI=1S/C20H24N4O2S2/c1-15(20-22-17-8-4-5-9-18(17)27-20)23(2)19-11-10-16(14-21-19)28(25,26)24-12-6-3-7-13-24/h4-5,8-11,14-15H,3,6-7,12-13H2,1-2H3/t15-/m0/s1. The molecular formula is C20H24N4O2S2. The zero-order valence-corrected chi connectivity index (χ0v) is 17.7. The van der Waals surface area contributed by atoms with Crippen LogP contribution in [-0.4, -0.2) is 42.8 Å². The third-order valence-electron chi connectivity index (χ3n) is 5.28. The van der Waals surface area contributed by atoms with E-state index in [0.717, 1.165) is 40.3 Å². The van der Waals surface area contributed by atoms with Gasteiger partial charge in [0.1, 0.15) is 15.7 Å². The quantitative estimate of drug-likeness (QED) is 0.627. The van der Waals surface area contributed by atoms with Crippen LogP contribution in [-0.2, 0) is 10.0 Å². The Morgan fingerprint density at radius 2 is 1.86 bits per heavy atom. The molecule has 0 bridgehead atoms. The number of anilines is 1. The predicted octanol–water partition coefficient (Wildman–Crippen LogP) is 4.06. The van der Waals surface area contributed by atoms with Gasteiger partial charge in [-0.25, -0.2) is 18.4 Å². The fourth-order valence-corrected chi connectivity index (χ4v) is 5.95. The van der Waals surface area contributed by atoms with Gasteiger partial charge in [0.05, 0.1) is 16.3 Å². The summed E-state index contributed by atoms with van der Waals surface area (Å²) in [5, 5.41) is 1.01. The van der Waals surface area contributed by atoms with Crippen molar-refractivity contribution >= 4 is 37.4 Å². The molecule has 28 heavy (non-hydrogen) atoms. The average Bonchev–Trinajstić information content (AvgIpc) is 3.17. The molecule has 148 valence electrons. The molecule has 0 unspecified atom stereocenters. The zero-order valence-electron chi connectivity index (χ0n) is 16.1. The van der Waals surface area contributed by atoms with E-state index in [1.54, 1.807) is 27.8 Å². The third-order valence-corrected chi connectivity index (χ3v) is 8.37. The van der Waals surface area contributed by atoms with Crippen LogP contribution in [0.2, 0.25) is 0 Å². The number of pyridine rings is 1. The number of fused-ring (bicyclic) bond motifs is 1. The summed E-state index contributed by atoms with van der Waals surface area (Å²) in [6, 6.07) is 11.6. The minimum Gasteiger partial charge on any atom is -0.350 e. The lowest BCUT2D eigenvalue weighted by molar-refractivity contribution is 0.346. The monoisotopic (exact) mass is 416 g/mol. The SMILES string of the molecule is C[C@@H](c1nc2ccccc2s1)N(C)c1ccc(S(=O)(=O)N2CCCCC2)cn1. The highest BCUT2D eigenvalue weighted by molar-refractivity contribution is 7.89. The summed E-state index contributed by atoms with van der Waals surface area (Å²) < 4.78 is 28.3. The van der Waals surface area contributed by atoms with E-state index in [-0.39, 0.29) is 10.9 Å². The number of nitrogens with zero attached hydrogens (tertiary/aromatic N) is 4. The Bertz CT molecular complexity index is 1020. The van der Waals surface area contributed by atoms with Crippen LogP contribution in [0.4, 0.5) is 5.82 Å². The summed E-state index contributed by atoms with van der Waals surface area (Å²) in [6.07, 6.45) is 4.42. The molecule has 0 N–H and O–H groups in total. The first-order chi connectivity index (χ1) is 13.5. The second-order valence-corrected chi connectivity index (χ2v) is 10.1. The molecule has 0 amide bonds. The molecule has 1 fully saturated rings. The van der Waals surface area contributed by atoms with Gasteiger partial charge in [-0.1, -0.05) is 18.6 Å². The Morgan fingerprint density at radius 1 is 1.11 bits per heavy atom. The van der Waals surface area contributed by atoms with Gasteiger partial charge in [0.15, 0.2) is 0 Å². The van der Waals surface area contributed by atoms with Gasteiger partial charge in [0.25, 0.3) is 0 Å². The number of hydrogen-bond donors (Lipinski definition) is 0. The van der Waals surface area contributed by atoms with Crippen molar-refractivity contribution in [2.75, 3.05) is 25.0 Å². The molecule has 8 heteroatoms. The highest BCUT2D eigenvalue weighted by Gasteiger charge is 2.26. The summed E-state index contributed by atoms with van der Waals surface area (Å²) in [5.41, 5.74) is 0.999. The molecule has 1 aromatic carbocycles. The molecule has 6 nitrogen and oxygen atoms in total. The van der Waals surface area contributed by atoms with Gasteiger partial charge >= 0.3 is 0 Å². The van der Waals surface area contributed by atoms with Crippen molar-refractivity contribution in [2.45, 2.75) is 37.1 Å².